The molecule has 0 saturated carbocycles. The van der Waals surface area contributed by atoms with Gasteiger partial charge >= 0.3 is 44.7 Å². The van der Waals surface area contributed by atoms with E-state index in [0.717, 1.165) is 0 Å². The zero-order chi connectivity index (χ0) is 9.28. The summed E-state index contributed by atoms with van der Waals surface area (Å²) >= 11 is 0. The Morgan fingerprint density at radius 3 is 1.33 bits per heavy atom. The van der Waals surface area contributed by atoms with E-state index in [-0.39, 0.29) is 37.2 Å². The first-order valence-electron chi connectivity index (χ1n) is 2.16. The van der Waals surface area contributed by atoms with Crippen molar-refractivity contribution in [2.24, 2.45) is 0 Å². The van der Waals surface area contributed by atoms with Crippen molar-refractivity contribution in [3.05, 3.63) is 11.3 Å². The summed E-state index contributed by atoms with van der Waals surface area (Å²) < 4.78 is 20.4. The number of aliphatic hydroxyl groups excluding tert-OH is 1. The van der Waals surface area contributed by atoms with Crippen molar-refractivity contribution in [3.8, 4) is 0 Å². The maximum Gasteiger partial charge on any atom is 1.00 e. The van der Waals surface area contributed by atoms with E-state index in [1.54, 1.807) is 0 Å². The zero-order valence-electron chi connectivity index (χ0n) is 7.02. The first-order valence-corrected chi connectivity index (χ1v) is 5.38. The summed E-state index contributed by atoms with van der Waals surface area (Å²) in [5, 5.41) is 6.47. The molecule has 0 heterocycles. The molecule has 0 aliphatic rings. The van der Waals surface area contributed by atoms with Gasteiger partial charge in [-0.05, 0) is 0 Å². The van der Waals surface area contributed by atoms with Gasteiger partial charge in [0, 0.05) is 0 Å². The average molecular weight is 228 g/mol. The summed E-state index contributed by atoms with van der Waals surface area (Å²) in [4.78, 5) is 32.8. The van der Waals surface area contributed by atoms with E-state index in [2.05, 4.69) is 0 Å². The molecular formula is C2H7NaO7P2. The molecule has 0 bridgehead atoms. The van der Waals surface area contributed by atoms with Crippen LogP contribution < -0.4 is 29.6 Å². The van der Waals surface area contributed by atoms with Gasteiger partial charge in [0.1, 0.15) is 6.26 Å². The van der Waals surface area contributed by atoms with Crippen LogP contribution in [-0.4, -0.2) is 24.7 Å². The molecule has 12 heavy (non-hydrogen) atoms. The molecule has 0 spiro atoms. The Balaban J connectivity index is -0.000000500. The fourth-order valence-corrected chi connectivity index (χ4v) is 1.98. The summed E-state index contributed by atoms with van der Waals surface area (Å²) in [5.74, 6) is 0. The van der Waals surface area contributed by atoms with Gasteiger partial charge in [0.25, 0.3) is 0 Å². The first kappa shape index (κ1) is 15.3. The van der Waals surface area contributed by atoms with Crippen molar-refractivity contribution in [1.82, 2.24) is 0 Å². The molecule has 10 heteroatoms. The fourth-order valence-electron chi connectivity index (χ4n) is 0.320. The molecule has 0 amide bonds. The predicted molar refractivity (Wildman–Crippen MR) is 35.9 cm³/mol. The third kappa shape index (κ3) is 4.77. The van der Waals surface area contributed by atoms with Gasteiger partial charge in [0.05, 0.1) is 0 Å². The second kappa shape index (κ2) is 4.91. The van der Waals surface area contributed by atoms with Crippen LogP contribution in [0.2, 0.25) is 0 Å². The summed E-state index contributed by atoms with van der Waals surface area (Å²) in [5.41, 5.74) is 0. The minimum Gasteiger partial charge on any atom is -1.00 e. The molecule has 7 nitrogen and oxygen atoms in total. The number of rotatable bonds is 2. The van der Waals surface area contributed by atoms with E-state index in [1.807, 2.05) is 0 Å². The number of aliphatic hydroxyl groups is 1. The fraction of sp³-hybridized carbons (Fsp3) is 0. The molecule has 68 valence electrons. The third-order valence-corrected chi connectivity index (χ3v) is 3.70. The topological polar surface area (TPSA) is 135 Å². The molecule has 5 N–H and O–H groups in total. The molecule has 0 aromatic rings. The van der Waals surface area contributed by atoms with Crippen LogP contribution in [0.25, 0.3) is 0 Å². The van der Waals surface area contributed by atoms with Crippen LogP contribution in [0.5, 0.6) is 0 Å². The molecule has 0 unspecified atom stereocenters. The van der Waals surface area contributed by atoms with Gasteiger partial charge in [-0.3, -0.25) is 9.13 Å². The van der Waals surface area contributed by atoms with E-state index in [9.17, 15) is 9.13 Å². The van der Waals surface area contributed by atoms with Gasteiger partial charge in [0.2, 0.25) is 0 Å². The summed E-state index contributed by atoms with van der Waals surface area (Å²) in [6.07, 6.45) is -0.276. The van der Waals surface area contributed by atoms with E-state index in [0.29, 0.717) is 0 Å². The van der Waals surface area contributed by atoms with Crippen LogP contribution in [0.4, 0.5) is 0 Å². The minimum absolute atomic E-state index is 0. The van der Waals surface area contributed by atoms with Crippen molar-refractivity contribution >= 4 is 15.2 Å². The standard InChI is InChI=1S/C2H6O7P2.Na.H/c3-1-2(10(4,5)6)11(7,8)9;;/h1,3H,(H2,4,5,6)(H2,7,8,9);;/q;+1;-1. The predicted octanol–water partition coefficient (Wildman–Crippen LogP) is -3.18. The molecule has 0 fully saturated rings. The van der Waals surface area contributed by atoms with Crippen LogP contribution in [0, 0.1) is 0 Å². The van der Waals surface area contributed by atoms with Gasteiger partial charge < -0.3 is 26.1 Å². The quantitative estimate of drug-likeness (QED) is 0.191. The van der Waals surface area contributed by atoms with Crippen LogP contribution in [0.3, 0.4) is 0 Å². The smallest absolute Gasteiger partial charge is 1.00 e. The van der Waals surface area contributed by atoms with Crippen LogP contribution >= 0.6 is 15.2 Å². The van der Waals surface area contributed by atoms with E-state index in [1.165, 1.54) is 0 Å². The first-order chi connectivity index (χ1) is 4.69. The molecule has 0 aromatic carbocycles. The van der Waals surface area contributed by atoms with Crippen molar-refractivity contribution in [1.29, 1.82) is 0 Å². The van der Waals surface area contributed by atoms with Crippen LogP contribution in [0.1, 0.15) is 1.43 Å². The Morgan fingerprint density at radius 1 is 1.08 bits per heavy atom. The molecule has 0 saturated heterocycles. The molecule has 0 aromatic heterocycles. The third-order valence-electron chi connectivity index (χ3n) is 0.712. The Labute approximate surface area is 91.2 Å². The summed E-state index contributed by atoms with van der Waals surface area (Å²) in [6.45, 7) is 0. The molecule has 0 atom stereocenters. The number of hydrogen-bond acceptors (Lipinski definition) is 3. The molecule has 0 radical (unpaired) electrons. The Hall–Kier alpha value is 0.840. The van der Waals surface area contributed by atoms with Crippen LogP contribution in [-0.2, 0) is 9.13 Å². The Bertz CT molecular complexity index is 240. The van der Waals surface area contributed by atoms with Gasteiger partial charge in [-0.2, -0.15) is 0 Å². The maximum absolute atomic E-state index is 10.2. The summed E-state index contributed by atoms with van der Waals surface area (Å²) in [7, 11) is -10.1. The Kier molecular flexibility index (Phi) is 6.26. The van der Waals surface area contributed by atoms with E-state index in [4.69, 9.17) is 24.7 Å². The van der Waals surface area contributed by atoms with Gasteiger partial charge in [0.15, 0.2) is 5.06 Å². The van der Waals surface area contributed by atoms with Gasteiger partial charge in [-0.25, -0.2) is 0 Å². The molecular weight excluding hydrogens is 221 g/mol. The average Bonchev–Trinajstić information content (AvgIpc) is 1.56. The SMILES string of the molecule is O=P(O)(O)C(=CO)P(=O)(O)O.[H-].[Na+]. The summed E-state index contributed by atoms with van der Waals surface area (Å²) in [6, 6.07) is 0. The zero-order valence-corrected chi connectivity index (χ0v) is 9.81. The second-order valence-corrected chi connectivity index (χ2v) is 5.07. The maximum atomic E-state index is 10.2. The van der Waals surface area contributed by atoms with Crippen molar-refractivity contribution in [2.45, 2.75) is 0 Å². The normalized spacial score (nSPS) is 11.7. The largest absolute Gasteiger partial charge is 1.00 e. The monoisotopic (exact) mass is 228 g/mol. The molecule has 0 aliphatic heterocycles. The second-order valence-electron chi connectivity index (χ2n) is 1.58. The molecule has 0 rings (SSSR count). The number of hydrogen-bond donors (Lipinski definition) is 5. The van der Waals surface area contributed by atoms with Gasteiger partial charge in [-0.1, -0.05) is 0 Å². The van der Waals surface area contributed by atoms with Crippen molar-refractivity contribution in [3.63, 3.8) is 0 Å². The van der Waals surface area contributed by atoms with Gasteiger partial charge in [-0.15, -0.1) is 0 Å². The van der Waals surface area contributed by atoms with E-state index < -0.39 is 20.2 Å². The Morgan fingerprint density at radius 2 is 1.33 bits per heavy atom. The van der Waals surface area contributed by atoms with Crippen molar-refractivity contribution in [2.75, 3.05) is 0 Å². The van der Waals surface area contributed by atoms with E-state index >= 15 is 0 Å². The molecule has 0 aliphatic carbocycles. The van der Waals surface area contributed by atoms with Crippen LogP contribution in [0.15, 0.2) is 11.3 Å². The van der Waals surface area contributed by atoms with Crippen molar-refractivity contribution < 1.29 is 64.8 Å². The minimum atomic E-state index is -5.05.